The topological polar surface area (TPSA) is 0 Å². The number of rotatable bonds is 3. The summed E-state index contributed by atoms with van der Waals surface area (Å²) in [6, 6.07) is 9.99. The van der Waals surface area contributed by atoms with Crippen molar-refractivity contribution in [2.24, 2.45) is 0 Å². The van der Waals surface area contributed by atoms with Crippen LogP contribution < -0.4 is 0 Å². The van der Waals surface area contributed by atoms with E-state index in [1.54, 1.807) is 0 Å². The molecule has 2 heteroatoms. The number of hydrogen-bond donors (Lipinski definition) is 0. The Bertz CT molecular complexity index is 196. The third-order valence-electron chi connectivity index (χ3n) is 1.52. The van der Waals surface area contributed by atoms with Gasteiger partial charge in [-0.2, -0.15) is 0 Å². The molecule has 0 bridgehead atoms. The van der Waals surface area contributed by atoms with E-state index in [2.05, 4.69) is 0 Å². The van der Waals surface area contributed by atoms with Crippen molar-refractivity contribution in [3.05, 3.63) is 35.9 Å². The molecule has 1 atom stereocenters. The van der Waals surface area contributed by atoms with Gasteiger partial charge in [-0.1, -0.05) is 30.3 Å². The van der Waals surface area contributed by atoms with Gasteiger partial charge >= 0.3 is 0 Å². The molecule has 0 saturated heterocycles. The lowest BCUT2D eigenvalue weighted by atomic mass is 10.1. The second-order valence-corrected chi connectivity index (χ2v) is 3.26. The van der Waals surface area contributed by atoms with Gasteiger partial charge in [-0.25, -0.2) is 0 Å². The fourth-order valence-electron chi connectivity index (χ4n) is 0.924. The molecule has 0 saturated carbocycles. The molecule has 60 valence electrons. The number of benzene rings is 1. The minimum absolute atomic E-state index is 0.0636. The summed E-state index contributed by atoms with van der Waals surface area (Å²) in [6.07, 6.45) is 0.827. The first-order valence-corrected chi connectivity index (χ1v) is 4.56. The lowest BCUT2D eigenvalue weighted by Crippen LogP contribution is -1.89. The first kappa shape index (κ1) is 8.89. The molecule has 11 heavy (non-hydrogen) atoms. The van der Waals surface area contributed by atoms with Gasteiger partial charge in [0.2, 0.25) is 0 Å². The van der Waals surface area contributed by atoms with E-state index in [4.69, 9.17) is 23.2 Å². The second-order valence-electron chi connectivity index (χ2n) is 2.36. The zero-order chi connectivity index (χ0) is 8.10. The Hall–Kier alpha value is -0.200. The molecule has 1 rings (SSSR count). The molecular formula is C9H10Cl2. The third-order valence-corrected chi connectivity index (χ3v) is 2.21. The molecule has 0 aliphatic heterocycles. The average molecular weight is 189 g/mol. The molecule has 1 aromatic rings. The number of hydrogen-bond acceptors (Lipinski definition) is 0. The minimum Gasteiger partial charge on any atom is -0.127 e. The Balaban J connectivity index is 2.61. The predicted molar refractivity (Wildman–Crippen MR) is 50.4 cm³/mol. The van der Waals surface area contributed by atoms with E-state index in [0.717, 1.165) is 12.0 Å². The van der Waals surface area contributed by atoms with E-state index in [0.29, 0.717) is 5.88 Å². The maximum absolute atomic E-state index is 6.02. The summed E-state index contributed by atoms with van der Waals surface area (Å²) in [6.45, 7) is 0. The molecule has 0 fully saturated rings. The van der Waals surface area contributed by atoms with Crippen molar-refractivity contribution in [3.8, 4) is 0 Å². The molecule has 0 amide bonds. The zero-order valence-electron chi connectivity index (χ0n) is 6.13. The maximum Gasteiger partial charge on any atom is 0.0596 e. The summed E-state index contributed by atoms with van der Waals surface area (Å²) < 4.78 is 0. The van der Waals surface area contributed by atoms with Crippen molar-refractivity contribution in [3.63, 3.8) is 0 Å². The Kier molecular flexibility index (Phi) is 3.74. The van der Waals surface area contributed by atoms with E-state index in [9.17, 15) is 0 Å². The van der Waals surface area contributed by atoms with Gasteiger partial charge < -0.3 is 0 Å². The molecule has 0 aliphatic rings. The summed E-state index contributed by atoms with van der Waals surface area (Å²) in [5.74, 6) is 0.614. The van der Waals surface area contributed by atoms with Gasteiger partial charge in [0.1, 0.15) is 0 Å². The van der Waals surface area contributed by atoms with Crippen molar-refractivity contribution in [1.82, 2.24) is 0 Å². The minimum atomic E-state index is 0.0636. The normalized spacial score (nSPS) is 12.9. The molecule has 0 heterocycles. The van der Waals surface area contributed by atoms with Crippen molar-refractivity contribution >= 4 is 23.2 Å². The molecule has 0 spiro atoms. The first-order chi connectivity index (χ1) is 5.34. The Morgan fingerprint density at radius 2 is 1.82 bits per heavy atom. The van der Waals surface area contributed by atoms with Gasteiger partial charge in [-0.05, 0) is 12.0 Å². The van der Waals surface area contributed by atoms with Crippen molar-refractivity contribution < 1.29 is 0 Å². The van der Waals surface area contributed by atoms with Gasteiger partial charge in [0.05, 0.1) is 5.38 Å². The number of alkyl halides is 2. The largest absolute Gasteiger partial charge is 0.127 e. The Labute approximate surface area is 77.1 Å². The van der Waals surface area contributed by atoms with Crippen molar-refractivity contribution in [2.75, 3.05) is 5.88 Å². The Morgan fingerprint density at radius 3 is 2.36 bits per heavy atom. The van der Waals surface area contributed by atoms with Crippen LogP contribution in [0.3, 0.4) is 0 Å². The van der Waals surface area contributed by atoms with Gasteiger partial charge in [0, 0.05) is 5.88 Å². The molecule has 0 radical (unpaired) electrons. The van der Waals surface area contributed by atoms with E-state index < -0.39 is 0 Å². The summed E-state index contributed by atoms with van der Waals surface area (Å²) in [4.78, 5) is 0. The highest BCUT2D eigenvalue weighted by Crippen LogP contribution is 2.23. The van der Waals surface area contributed by atoms with Crippen LogP contribution in [0.25, 0.3) is 0 Å². The Morgan fingerprint density at radius 1 is 1.18 bits per heavy atom. The van der Waals surface area contributed by atoms with Crippen LogP contribution in [0.2, 0.25) is 0 Å². The van der Waals surface area contributed by atoms with Crippen LogP contribution in [-0.2, 0) is 0 Å². The van der Waals surface area contributed by atoms with E-state index in [1.807, 2.05) is 30.3 Å². The SMILES string of the molecule is ClCCC(Cl)c1ccccc1. The van der Waals surface area contributed by atoms with Gasteiger partial charge in [0.25, 0.3) is 0 Å². The standard InChI is InChI=1S/C9H10Cl2/c10-7-6-9(11)8-4-2-1-3-5-8/h1-5,9H,6-7H2. The van der Waals surface area contributed by atoms with Crippen LogP contribution >= 0.6 is 23.2 Å². The highest BCUT2D eigenvalue weighted by molar-refractivity contribution is 6.22. The molecular weight excluding hydrogens is 179 g/mol. The molecule has 0 N–H and O–H groups in total. The van der Waals surface area contributed by atoms with Crippen LogP contribution in [0.1, 0.15) is 17.4 Å². The average Bonchev–Trinajstić information content (AvgIpc) is 2.07. The summed E-state index contributed by atoms with van der Waals surface area (Å²) in [5, 5.41) is 0.0636. The predicted octanol–water partition coefficient (Wildman–Crippen LogP) is 3.60. The van der Waals surface area contributed by atoms with E-state index in [-0.39, 0.29) is 5.38 Å². The monoisotopic (exact) mass is 188 g/mol. The third kappa shape index (κ3) is 2.72. The van der Waals surface area contributed by atoms with E-state index in [1.165, 1.54) is 0 Å². The van der Waals surface area contributed by atoms with Crippen LogP contribution in [0.15, 0.2) is 30.3 Å². The summed E-state index contributed by atoms with van der Waals surface area (Å²) in [5.41, 5.74) is 1.15. The fourth-order valence-corrected chi connectivity index (χ4v) is 1.51. The van der Waals surface area contributed by atoms with Crippen LogP contribution in [-0.4, -0.2) is 5.88 Å². The smallest absolute Gasteiger partial charge is 0.0596 e. The van der Waals surface area contributed by atoms with Gasteiger partial charge in [0.15, 0.2) is 0 Å². The van der Waals surface area contributed by atoms with E-state index >= 15 is 0 Å². The molecule has 1 unspecified atom stereocenters. The first-order valence-electron chi connectivity index (χ1n) is 3.59. The molecule has 0 nitrogen and oxygen atoms in total. The van der Waals surface area contributed by atoms with Crippen LogP contribution in [0, 0.1) is 0 Å². The zero-order valence-corrected chi connectivity index (χ0v) is 7.65. The second kappa shape index (κ2) is 4.63. The number of halogens is 2. The molecule has 0 aromatic heterocycles. The fraction of sp³-hybridized carbons (Fsp3) is 0.333. The van der Waals surface area contributed by atoms with Gasteiger partial charge in [-0.15, -0.1) is 23.2 Å². The highest BCUT2D eigenvalue weighted by Gasteiger charge is 2.04. The quantitative estimate of drug-likeness (QED) is 0.637. The van der Waals surface area contributed by atoms with Gasteiger partial charge in [-0.3, -0.25) is 0 Å². The van der Waals surface area contributed by atoms with Crippen LogP contribution in [0.5, 0.6) is 0 Å². The summed E-state index contributed by atoms with van der Waals surface area (Å²) in [7, 11) is 0. The lowest BCUT2D eigenvalue weighted by Gasteiger charge is -2.05. The van der Waals surface area contributed by atoms with Crippen molar-refractivity contribution in [2.45, 2.75) is 11.8 Å². The molecule has 1 aromatic carbocycles. The maximum atomic E-state index is 6.02. The highest BCUT2D eigenvalue weighted by atomic mass is 35.5. The van der Waals surface area contributed by atoms with Crippen LogP contribution in [0.4, 0.5) is 0 Å². The summed E-state index contributed by atoms with van der Waals surface area (Å²) >= 11 is 11.6. The van der Waals surface area contributed by atoms with Crippen molar-refractivity contribution in [1.29, 1.82) is 0 Å². The molecule has 0 aliphatic carbocycles. The lowest BCUT2D eigenvalue weighted by molar-refractivity contribution is 0.890.